The number of aliphatic hydroxyl groups is 1. The molecule has 2 amide bonds. The number of benzene rings is 1. The van der Waals surface area contributed by atoms with Crippen molar-refractivity contribution in [3.63, 3.8) is 0 Å². The van der Waals surface area contributed by atoms with E-state index in [4.69, 9.17) is 11.6 Å². The Morgan fingerprint density at radius 3 is 2.96 bits per heavy atom. The summed E-state index contributed by atoms with van der Waals surface area (Å²) in [5, 5.41) is 19.1. The lowest BCUT2D eigenvalue weighted by atomic mass is 10.1. The lowest BCUT2D eigenvalue weighted by Crippen LogP contribution is -2.43. The first-order valence-corrected chi connectivity index (χ1v) is 7.33. The van der Waals surface area contributed by atoms with Crippen LogP contribution in [0.5, 0.6) is 0 Å². The number of nitrogens with one attached hydrogen (secondary N) is 2. The summed E-state index contributed by atoms with van der Waals surface area (Å²) in [6, 6.07) is 3.38. The molecule has 0 saturated carbocycles. The SMILES string of the molecule is C[C@@H](Cn1cncn1)NC(=O)NC[C@H](O)c1ccc(Cl)c(F)c1. The van der Waals surface area contributed by atoms with E-state index in [0.29, 0.717) is 12.1 Å². The molecule has 0 aliphatic rings. The topological polar surface area (TPSA) is 92.1 Å². The second-order valence-corrected chi connectivity index (χ2v) is 5.47. The molecule has 0 aliphatic heterocycles. The first-order chi connectivity index (χ1) is 11.0. The molecule has 0 fully saturated rings. The van der Waals surface area contributed by atoms with Gasteiger partial charge in [0.05, 0.1) is 17.7 Å². The minimum Gasteiger partial charge on any atom is -0.387 e. The van der Waals surface area contributed by atoms with Gasteiger partial charge in [-0.3, -0.25) is 4.68 Å². The van der Waals surface area contributed by atoms with E-state index in [9.17, 15) is 14.3 Å². The molecule has 0 aliphatic carbocycles. The van der Waals surface area contributed by atoms with Gasteiger partial charge < -0.3 is 15.7 Å². The highest BCUT2D eigenvalue weighted by atomic mass is 35.5. The Kier molecular flexibility index (Phi) is 5.89. The van der Waals surface area contributed by atoms with Gasteiger partial charge in [0.1, 0.15) is 18.5 Å². The maximum Gasteiger partial charge on any atom is 0.315 e. The Hall–Kier alpha value is -2.19. The van der Waals surface area contributed by atoms with Crippen molar-refractivity contribution in [3.05, 3.63) is 47.3 Å². The van der Waals surface area contributed by atoms with E-state index in [2.05, 4.69) is 20.7 Å². The first kappa shape index (κ1) is 17.2. The second kappa shape index (κ2) is 7.89. The van der Waals surface area contributed by atoms with Gasteiger partial charge >= 0.3 is 6.03 Å². The molecule has 1 aromatic carbocycles. The number of hydrogen-bond donors (Lipinski definition) is 3. The molecule has 3 N–H and O–H groups in total. The molecule has 2 rings (SSSR count). The van der Waals surface area contributed by atoms with Crippen LogP contribution in [0.15, 0.2) is 30.9 Å². The Labute approximate surface area is 137 Å². The van der Waals surface area contributed by atoms with Crippen LogP contribution in [0.3, 0.4) is 0 Å². The largest absolute Gasteiger partial charge is 0.387 e. The van der Waals surface area contributed by atoms with E-state index in [1.54, 1.807) is 11.0 Å². The van der Waals surface area contributed by atoms with Crippen molar-refractivity contribution in [2.24, 2.45) is 0 Å². The van der Waals surface area contributed by atoms with E-state index in [-0.39, 0.29) is 17.6 Å². The van der Waals surface area contributed by atoms with Crippen LogP contribution in [-0.4, -0.2) is 38.5 Å². The summed E-state index contributed by atoms with van der Waals surface area (Å²) in [7, 11) is 0. The highest BCUT2D eigenvalue weighted by Gasteiger charge is 2.13. The summed E-state index contributed by atoms with van der Waals surface area (Å²) >= 11 is 5.58. The number of aromatic nitrogens is 3. The lowest BCUT2D eigenvalue weighted by molar-refractivity contribution is 0.172. The molecular formula is C14H17ClFN5O2. The van der Waals surface area contributed by atoms with Crippen molar-refractivity contribution in [2.45, 2.75) is 25.6 Å². The fraction of sp³-hybridized carbons (Fsp3) is 0.357. The van der Waals surface area contributed by atoms with Crippen molar-refractivity contribution in [1.82, 2.24) is 25.4 Å². The smallest absolute Gasteiger partial charge is 0.315 e. The summed E-state index contributed by atoms with van der Waals surface area (Å²) in [5.41, 5.74) is 0.336. The van der Waals surface area contributed by atoms with Crippen molar-refractivity contribution >= 4 is 17.6 Å². The fourth-order valence-corrected chi connectivity index (χ4v) is 2.07. The molecule has 7 nitrogen and oxygen atoms in total. The highest BCUT2D eigenvalue weighted by Crippen LogP contribution is 2.19. The van der Waals surface area contributed by atoms with Gasteiger partial charge in [-0.05, 0) is 24.6 Å². The van der Waals surface area contributed by atoms with Gasteiger partial charge in [-0.1, -0.05) is 17.7 Å². The Balaban J connectivity index is 1.77. The molecule has 1 heterocycles. The van der Waals surface area contributed by atoms with Crippen LogP contribution in [0.2, 0.25) is 5.02 Å². The van der Waals surface area contributed by atoms with Gasteiger partial charge in [0.25, 0.3) is 0 Å². The number of nitrogens with zero attached hydrogens (tertiary/aromatic N) is 3. The summed E-state index contributed by atoms with van der Waals surface area (Å²) in [5.74, 6) is -0.617. The third-order valence-electron chi connectivity index (χ3n) is 3.09. The Morgan fingerprint density at radius 1 is 1.52 bits per heavy atom. The normalized spacial score (nSPS) is 13.4. The molecule has 23 heavy (non-hydrogen) atoms. The lowest BCUT2D eigenvalue weighted by Gasteiger charge is -2.16. The Bertz CT molecular complexity index is 653. The number of aliphatic hydroxyl groups excluding tert-OH is 1. The van der Waals surface area contributed by atoms with Gasteiger partial charge in [-0.15, -0.1) is 0 Å². The van der Waals surface area contributed by atoms with E-state index in [1.165, 1.54) is 18.5 Å². The van der Waals surface area contributed by atoms with Crippen LogP contribution >= 0.6 is 11.6 Å². The molecule has 1 aromatic heterocycles. The average molecular weight is 342 g/mol. The van der Waals surface area contributed by atoms with Gasteiger partial charge in [0, 0.05) is 12.6 Å². The summed E-state index contributed by atoms with van der Waals surface area (Å²) in [4.78, 5) is 15.6. The van der Waals surface area contributed by atoms with Crippen LogP contribution in [0.4, 0.5) is 9.18 Å². The first-order valence-electron chi connectivity index (χ1n) is 6.95. The number of amides is 2. The third kappa shape index (κ3) is 5.19. The number of urea groups is 1. The van der Waals surface area contributed by atoms with Gasteiger partial charge in [-0.25, -0.2) is 14.2 Å². The zero-order valence-electron chi connectivity index (χ0n) is 12.4. The number of carbonyl (C=O) groups excluding carboxylic acids is 1. The van der Waals surface area contributed by atoms with E-state index in [1.807, 2.05) is 6.92 Å². The van der Waals surface area contributed by atoms with Crippen LogP contribution in [0, 0.1) is 5.82 Å². The molecule has 0 spiro atoms. The van der Waals surface area contributed by atoms with Crippen molar-refractivity contribution in [1.29, 1.82) is 0 Å². The van der Waals surface area contributed by atoms with Crippen molar-refractivity contribution < 1.29 is 14.3 Å². The van der Waals surface area contributed by atoms with Gasteiger partial charge in [-0.2, -0.15) is 5.10 Å². The van der Waals surface area contributed by atoms with E-state index in [0.717, 1.165) is 6.07 Å². The molecule has 0 unspecified atom stereocenters. The zero-order valence-corrected chi connectivity index (χ0v) is 13.2. The number of carbonyl (C=O) groups is 1. The molecule has 0 saturated heterocycles. The summed E-state index contributed by atoms with van der Waals surface area (Å²) < 4.78 is 14.9. The Morgan fingerprint density at radius 2 is 2.30 bits per heavy atom. The summed E-state index contributed by atoms with van der Waals surface area (Å²) in [6.45, 7) is 2.23. The van der Waals surface area contributed by atoms with Crippen molar-refractivity contribution in [2.75, 3.05) is 6.54 Å². The standard InChI is InChI=1S/C14H17ClFN5O2/c1-9(6-21-8-17-7-19-21)20-14(23)18-5-13(22)10-2-3-11(15)12(16)4-10/h2-4,7-9,13,22H,5-6H2,1H3,(H2,18,20,23)/t9-,13-/m0/s1. The predicted octanol–water partition coefficient (Wildman–Crippen LogP) is 1.49. The number of rotatable bonds is 6. The average Bonchev–Trinajstić information content (AvgIpc) is 3.00. The molecule has 0 radical (unpaired) electrons. The van der Waals surface area contributed by atoms with E-state index < -0.39 is 18.0 Å². The van der Waals surface area contributed by atoms with Gasteiger partial charge in [0.2, 0.25) is 0 Å². The molecular weight excluding hydrogens is 325 g/mol. The van der Waals surface area contributed by atoms with Gasteiger partial charge in [0.15, 0.2) is 0 Å². The van der Waals surface area contributed by atoms with Crippen molar-refractivity contribution in [3.8, 4) is 0 Å². The molecule has 2 atom stereocenters. The predicted molar refractivity (Wildman–Crippen MR) is 82.4 cm³/mol. The minimum absolute atomic E-state index is 0.0198. The molecule has 124 valence electrons. The van der Waals surface area contributed by atoms with Crippen LogP contribution in [0.1, 0.15) is 18.6 Å². The third-order valence-corrected chi connectivity index (χ3v) is 3.40. The maximum absolute atomic E-state index is 13.3. The number of hydrogen-bond acceptors (Lipinski definition) is 4. The summed E-state index contributed by atoms with van der Waals surface area (Å²) in [6.07, 6.45) is 1.93. The second-order valence-electron chi connectivity index (χ2n) is 5.06. The van der Waals surface area contributed by atoms with Crippen LogP contribution in [0.25, 0.3) is 0 Å². The molecule has 9 heteroatoms. The quantitative estimate of drug-likeness (QED) is 0.742. The maximum atomic E-state index is 13.3. The van der Waals surface area contributed by atoms with Crippen LogP contribution in [-0.2, 0) is 6.54 Å². The fourth-order valence-electron chi connectivity index (χ4n) is 1.95. The zero-order chi connectivity index (χ0) is 16.8. The van der Waals surface area contributed by atoms with Crippen LogP contribution < -0.4 is 10.6 Å². The highest BCUT2D eigenvalue weighted by molar-refractivity contribution is 6.30. The molecule has 2 aromatic rings. The van der Waals surface area contributed by atoms with E-state index >= 15 is 0 Å². The number of halogens is 2. The monoisotopic (exact) mass is 341 g/mol. The molecule has 0 bridgehead atoms. The minimum atomic E-state index is -1.03.